The van der Waals surface area contributed by atoms with Gasteiger partial charge in [0.2, 0.25) is 0 Å². The Labute approximate surface area is 275 Å². The number of benzene rings is 3. The number of furan rings is 1. The lowest BCUT2D eigenvalue weighted by Crippen LogP contribution is -2.40. The molecule has 238 valence electrons. The van der Waals surface area contributed by atoms with E-state index in [1.807, 2.05) is 73.7 Å². The summed E-state index contributed by atoms with van der Waals surface area (Å²) >= 11 is 1.24. The number of ether oxygens (including phenoxy) is 2. The first-order chi connectivity index (χ1) is 22.7. The normalized spacial score (nSPS) is 14.6. The van der Waals surface area contributed by atoms with Gasteiger partial charge in [0.25, 0.3) is 5.56 Å². The zero-order chi connectivity index (χ0) is 33.2. The Morgan fingerprint density at radius 2 is 1.74 bits per heavy atom. The summed E-state index contributed by atoms with van der Waals surface area (Å²) in [4.78, 5) is 45.3. The van der Waals surface area contributed by atoms with Crippen molar-refractivity contribution in [1.29, 1.82) is 0 Å². The van der Waals surface area contributed by atoms with E-state index in [0.29, 0.717) is 43.6 Å². The molecule has 0 amide bonds. The zero-order valence-electron chi connectivity index (χ0n) is 26.8. The van der Waals surface area contributed by atoms with E-state index in [4.69, 9.17) is 18.9 Å². The number of carbonyl (C=O) groups excluding carboxylic acids is 2. The van der Waals surface area contributed by atoms with Crippen molar-refractivity contribution in [3.05, 3.63) is 144 Å². The molecule has 1 atom stereocenters. The number of rotatable bonds is 8. The number of nitrogens with zero attached hydrogens (tertiary/aromatic N) is 2. The number of carbonyl (C=O) groups is 2. The molecule has 1 aliphatic heterocycles. The Morgan fingerprint density at radius 1 is 1.00 bits per heavy atom. The predicted octanol–water partition coefficient (Wildman–Crippen LogP) is 6.41. The maximum Gasteiger partial charge on any atom is 0.338 e. The number of fused-ring (bicyclic) bond motifs is 1. The predicted molar refractivity (Wildman–Crippen MR) is 182 cm³/mol. The minimum atomic E-state index is -0.757. The van der Waals surface area contributed by atoms with Crippen molar-refractivity contribution >= 4 is 35.0 Å². The van der Waals surface area contributed by atoms with Crippen molar-refractivity contribution in [2.75, 3.05) is 13.7 Å². The Bertz CT molecular complexity index is 2190. The molecular formula is C38H34N2O6S. The minimum absolute atomic E-state index is 0.180. The quantitative estimate of drug-likeness (QED) is 0.181. The van der Waals surface area contributed by atoms with E-state index in [-0.39, 0.29) is 12.2 Å². The highest BCUT2D eigenvalue weighted by Gasteiger charge is 2.35. The Balaban J connectivity index is 1.51. The fourth-order valence-corrected chi connectivity index (χ4v) is 6.69. The van der Waals surface area contributed by atoms with Crippen LogP contribution in [0.15, 0.2) is 105 Å². The van der Waals surface area contributed by atoms with Gasteiger partial charge in [-0.25, -0.2) is 14.6 Å². The lowest BCUT2D eigenvalue weighted by molar-refractivity contribution is -0.138. The number of aromatic nitrogens is 1. The van der Waals surface area contributed by atoms with Crippen LogP contribution >= 0.6 is 11.3 Å². The second-order valence-corrected chi connectivity index (χ2v) is 12.5. The van der Waals surface area contributed by atoms with E-state index in [1.54, 1.807) is 35.8 Å². The minimum Gasteiger partial charge on any atom is -0.465 e. The highest BCUT2D eigenvalue weighted by Crippen LogP contribution is 2.36. The summed E-state index contributed by atoms with van der Waals surface area (Å²) in [6, 6.07) is 25.6. The second kappa shape index (κ2) is 13.2. The van der Waals surface area contributed by atoms with Crippen LogP contribution < -0.4 is 14.9 Å². The van der Waals surface area contributed by atoms with Gasteiger partial charge < -0.3 is 13.9 Å². The molecule has 0 aliphatic carbocycles. The van der Waals surface area contributed by atoms with Crippen molar-refractivity contribution in [1.82, 2.24) is 4.57 Å². The van der Waals surface area contributed by atoms with Gasteiger partial charge in [0.1, 0.15) is 11.5 Å². The van der Waals surface area contributed by atoms with Crippen LogP contribution in [-0.2, 0) is 14.3 Å². The van der Waals surface area contributed by atoms with E-state index in [0.717, 1.165) is 27.8 Å². The van der Waals surface area contributed by atoms with E-state index >= 15 is 0 Å². The Morgan fingerprint density at radius 3 is 2.40 bits per heavy atom. The van der Waals surface area contributed by atoms with Crippen molar-refractivity contribution in [3.8, 4) is 11.3 Å². The molecule has 0 bridgehead atoms. The number of hydrogen-bond donors (Lipinski definition) is 0. The molecule has 0 saturated carbocycles. The summed E-state index contributed by atoms with van der Waals surface area (Å²) in [5.74, 6) is 0.459. The number of thiazole rings is 1. The average Bonchev–Trinajstić information content (AvgIpc) is 3.67. The molecule has 9 heteroatoms. The molecule has 3 aromatic carbocycles. The van der Waals surface area contributed by atoms with Crippen LogP contribution in [0.25, 0.3) is 23.1 Å². The van der Waals surface area contributed by atoms with Crippen LogP contribution in [0.2, 0.25) is 0 Å². The zero-order valence-corrected chi connectivity index (χ0v) is 27.6. The molecule has 0 N–H and O–H groups in total. The summed E-state index contributed by atoms with van der Waals surface area (Å²) in [5.41, 5.74) is 5.27. The smallest absolute Gasteiger partial charge is 0.338 e. The lowest BCUT2D eigenvalue weighted by atomic mass is 9.91. The van der Waals surface area contributed by atoms with Crippen LogP contribution in [-0.4, -0.2) is 30.2 Å². The fraction of sp³-hybridized carbons (Fsp3) is 0.211. The van der Waals surface area contributed by atoms with Crippen LogP contribution in [0.3, 0.4) is 0 Å². The van der Waals surface area contributed by atoms with Gasteiger partial charge in [-0.3, -0.25) is 9.36 Å². The monoisotopic (exact) mass is 646 g/mol. The largest absolute Gasteiger partial charge is 0.465 e. The SMILES string of the molecule is CCOC(=O)C1=C(c2ccccc2)N=c2s/c(=C/c3ccc(-c4ccc(C(=O)OC)cc4C)o3)c(=O)n2[C@@H]1c1ccc(C(C)C)cc1. The summed E-state index contributed by atoms with van der Waals surface area (Å²) in [6.07, 6.45) is 1.70. The van der Waals surface area contributed by atoms with Crippen LogP contribution in [0.5, 0.6) is 0 Å². The summed E-state index contributed by atoms with van der Waals surface area (Å²) in [7, 11) is 1.35. The summed E-state index contributed by atoms with van der Waals surface area (Å²) < 4.78 is 18.6. The highest BCUT2D eigenvalue weighted by molar-refractivity contribution is 7.07. The van der Waals surface area contributed by atoms with Gasteiger partial charge in [0.15, 0.2) is 4.80 Å². The van der Waals surface area contributed by atoms with Crippen LogP contribution in [0.1, 0.15) is 71.1 Å². The molecule has 2 aromatic heterocycles. The van der Waals surface area contributed by atoms with Gasteiger partial charge >= 0.3 is 11.9 Å². The molecule has 0 saturated heterocycles. The average molecular weight is 647 g/mol. The molecule has 1 aliphatic rings. The second-order valence-electron chi connectivity index (χ2n) is 11.5. The molecule has 0 radical (unpaired) electrons. The van der Waals surface area contributed by atoms with Crippen LogP contribution in [0, 0.1) is 6.92 Å². The molecule has 47 heavy (non-hydrogen) atoms. The third kappa shape index (κ3) is 6.14. The number of esters is 2. The molecule has 0 spiro atoms. The lowest BCUT2D eigenvalue weighted by Gasteiger charge is -2.26. The first-order valence-electron chi connectivity index (χ1n) is 15.4. The van der Waals surface area contributed by atoms with Gasteiger partial charge in [-0.2, -0.15) is 0 Å². The van der Waals surface area contributed by atoms with Crippen LogP contribution in [0.4, 0.5) is 0 Å². The van der Waals surface area contributed by atoms with E-state index < -0.39 is 18.0 Å². The molecule has 6 rings (SSSR count). The van der Waals surface area contributed by atoms with Gasteiger partial charge in [-0.15, -0.1) is 0 Å². The number of methoxy groups -OCH3 is 1. The van der Waals surface area contributed by atoms with Crippen molar-refractivity contribution in [3.63, 3.8) is 0 Å². The first kappa shape index (κ1) is 31.7. The number of aryl methyl sites for hydroxylation is 1. The van der Waals surface area contributed by atoms with E-state index in [2.05, 4.69) is 13.8 Å². The summed E-state index contributed by atoms with van der Waals surface area (Å²) in [5, 5.41) is 0. The van der Waals surface area contributed by atoms with Gasteiger partial charge in [0.05, 0.1) is 41.1 Å². The summed E-state index contributed by atoms with van der Waals surface area (Å²) in [6.45, 7) is 8.07. The van der Waals surface area contributed by atoms with E-state index in [1.165, 1.54) is 18.4 Å². The van der Waals surface area contributed by atoms with Crippen molar-refractivity contribution in [2.24, 2.45) is 4.99 Å². The molecule has 5 aromatic rings. The molecule has 8 nitrogen and oxygen atoms in total. The standard InChI is InChI=1S/C38H34N2O6S/c1-6-45-37(43)32-33(25-10-8-7-9-11-25)39-38-40(34(32)26-14-12-24(13-15-26)22(2)3)35(41)31(47-38)21-28-17-19-30(46-28)29-18-16-27(20-23(29)4)36(42)44-5/h7-22,34H,6H2,1-5H3/b31-21+/t34-/m1/s1. The molecular weight excluding hydrogens is 612 g/mol. The third-order valence-electron chi connectivity index (χ3n) is 8.11. The van der Waals surface area contributed by atoms with Crippen molar-refractivity contribution < 1.29 is 23.5 Å². The van der Waals surface area contributed by atoms with Gasteiger partial charge in [0, 0.05) is 17.2 Å². The molecule has 3 heterocycles. The molecule has 0 fully saturated rings. The fourth-order valence-electron chi connectivity index (χ4n) is 5.71. The number of hydrogen-bond acceptors (Lipinski definition) is 8. The maximum atomic E-state index is 14.2. The highest BCUT2D eigenvalue weighted by atomic mass is 32.1. The van der Waals surface area contributed by atoms with E-state index in [9.17, 15) is 14.4 Å². The molecule has 0 unspecified atom stereocenters. The topological polar surface area (TPSA) is 100 Å². The first-order valence-corrected chi connectivity index (χ1v) is 16.2. The van der Waals surface area contributed by atoms with Gasteiger partial charge in [-0.05, 0) is 60.7 Å². The Hall–Kier alpha value is -5.28. The third-order valence-corrected chi connectivity index (χ3v) is 9.09. The van der Waals surface area contributed by atoms with Crippen molar-refractivity contribution in [2.45, 2.75) is 39.7 Å². The maximum absolute atomic E-state index is 14.2. The Kier molecular flexibility index (Phi) is 8.91. The van der Waals surface area contributed by atoms with Gasteiger partial charge in [-0.1, -0.05) is 85.8 Å².